The van der Waals surface area contributed by atoms with E-state index >= 15 is 0 Å². The van der Waals surface area contributed by atoms with Crippen molar-refractivity contribution in [3.63, 3.8) is 0 Å². The molecule has 0 fully saturated rings. The third-order valence-electron chi connectivity index (χ3n) is 6.39. The molecule has 0 N–H and O–H groups in total. The summed E-state index contributed by atoms with van der Waals surface area (Å²) in [7, 11) is -1.67. The minimum Gasteiger partial charge on any atom is -0.309 e. The molecule has 1 aromatic heterocycles. The minimum atomic E-state index is -1.67. The number of hydrogen-bond acceptors (Lipinski definition) is 0. The smallest absolute Gasteiger partial charge is 0.113 e. The molecule has 0 unspecified atom stereocenters. The molecule has 0 saturated heterocycles. The molecule has 0 spiro atoms. The van der Waals surface area contributed by atoms with E-state index in [0.717, 1.165) is 0 Å². The first-order valence-electron chi connectivity index (χ1n) is 9.89. The summed E-state index contributed by atoms with van der Waals surface area (Å²) in [6.45, 7) is 4.97. The van der Waals surface area contributed by atoms with Gasteiger partial charge in [0.1, 0.15) is 8.07 Å². The Morgan fingerprint density at radius 1 is 0.571 bits per heavy atom. The van der Waals surface area contributed by atoms with Crippen molar-refractivity contribution >= 4 is 40.3 Å². The lowest BCUT2D eigenvalue weighted by molar-refractivity contribution is 1.18. The maximum absolute atomic E-state index is 2.50. The number of benzene rings is 4. The SMILES string of the molecule is C[Si]1(C)c2ccccc2-c2cc3c(cc21)c1ccccc1n3-c1ccccc1. The second-order valence-electron chi connectivity index (χ2n) is 8.27. The highest BCUT2D eigenvalue weighted by Gasteiger charge is 2.37. The Balaban J connectivity index is 1.80. The number of para-hydroxylation sites is 2. The first kappa shape index (κ1) is 15.9. The van der Waals surface area contributed by atoms with E-state index in [9.17, 15) is 0 Å². The minimum absolute atomic E-state index is 1.22. The molecule has 1 aliphatic rings. The van der Waals surface area contributed by atoms with Crippen molar-refractivity contribution in [2.45, 2.75) is 13.1 Å². The van der Waals surface area contributed by atoms with Crippen molar-refractivity contribution in [2.24, 2.45) is 0 Å². The Morgan fingerprint density at radius 2 is 1.29 bits per heavy atom. The molecule has 5 aromatic rings. The van der Waals surface area contributed by atoms with Crippen LogP contribution in [0.25, 0.3) is 38.6 Å². The largest absolute Gasteiger partial charge is 0.309 e. The second-order valence-corrected chi connectivity index (χ2v) is 12.6. The maximum Gasteiger partial charge on any atom is 0.113 e. The molecule has 0 atom stereocenters. The van der Waals surface area contributed by atoms with E-state index in [4.69, 9.17) is 0 Å². The average molecular weight is 376 g/mol. The van der Waals surface area contributed by atoms with E-state index in [1.165, 1.54) is 38.6 Å². The van der Waals surface area contributed by atoms with Gasteiger partial charge < -0.3 is 4.57 Å². The Bertz CT molecular complexity index is 1380. The zero-order valence-corrected chi connectivity index (χ0v) is 17.1. The van der Waals surface area contributed by atoms with E-state index in [1.807, 2.05) is 0 Å². The lowest BCUT2D eigenvalue weighted by Crippen LogP contribution is -2.49. The molecule has 0 radical (unpaired) electrons. The summed E-state index contributed by atoms with van der Waals surface area (Å²) in [5.74, 6) is 0. The fraction of sp³-hybridized carbons (Fsp3) is 0.0769. The zero-order valence-electron chi connectivity index (χ0n) is 16.1. The predicted octanol–water partition coefficient (Wildman–Crippen LogP) is 5.59. The van der Waals surface area contributed by atoms with Crippen LogP contribution < -0.4 is 10.4 Å². The standard InChI is InChI=1S/C26H21NSi/c1-28(2)25-15-9-7-13-20(25)22-16-24-21(17-26(22)28)19-12-6-8-14-23(19)27(24)18-10-4-3-5-11-18/h3-17H,1-2H3. The molecule has 134 valence electrons. The number of nitrogens with zero attached hydrogens (tertiary/aromatic N) is 1. The van der Waals surface area contributed by atoms with Crippen LogP contribution in [0.3, 0.4) is 0 Å². The highest BCUT2D eigenvalue weighted by molar-refractivity contribution is 7.04. The Labute approximate surface area is 165 Å². The summed E-state index contributed by atoms with van der Waals surface area (Å²) < 4.78 is 2.42. The average Bonchev–Trinajstić information content (AvgIpc) is 3.17. The predicted molar refractivity (Wildman–Crippen MR) is 123 cm³/mol. The van der Waals surface area contributed by atoms with Crippen LogP contribution in [0.5, 0.6) is 0 Å². The van der Waals surface area contributed by atoms with Gasteiger partial charge in [0.25, 0.3) is 0 Å². The molecule has 4 aromatic carbocycles. The van der Waals surface area contributed by atoms with Crippen molar-refractivity contribution in [1.82, 2.24) is 4.57 Å². The summed E-state index contributed by atoms with van der Waals surface area (Å²) >= 11 is 0. The quantitative estimate of drug-likeness (QED) is 0.337. The lowest BCUT2D eigenvalue weighted by Gasteiger charge is -2.18. The van der Waals surface area contributed by atoms with Crippen LogP contribution in [-0.2, 0) is 0 Å². The van der Waals surface area contributed by atoms with Crippen molar-refractivity contribution in [3.05, 3.63) is 91.0 Å². The van der Waals surface area contributed by atoms with Gasteiger partial charge in [0, 0.05) is 16.5 Å². The van der Waals surface area contributed by atoms with Crippen LogP contribution in [0, 0.1) is 0 Å². The van der Waals surface area contributed by atoms with Crippen LogP contribution in [0.2, 0.25) is 13.1 Å². The van der Waals surface area contributed by atoms with Gasteiger partial charge in [-0.15, -0.1) is 0 Å². The molecule has 0 bridgehead atoms. The van der Waals surface area contributed by atoms with E-state index in [-0.39, 0.29) is 0 Å². The number of aromatic nitrogens is 1. The monoisotopic (exact) mass is 375 g/mol. The van der Waals surface area contributed by atoms with E-state index in [2.05, 4.69) is 109 Å². The van der Waals surface area contributed by atoms with Crippen LogP contribution in [0.4, 0.5) is 0 Å². The fourth-order valence-corrected chi connectivity index (χ4v) is 8.10. The topological polar surface area (TPSA) is 4.93 Å². The fourth-order valence-electron chi connectivity index (χ4n) is 5.02. The molecule has 2 heterocycles. The van der Waals surface area contributed by atoms with Crippen LogP contribution in [0.15, 0.2) is 91.0 Å². The summed E-state index contributed by atoms with van der Waals surface area (Å²) in [6, 6.07) is 33.5. The second kappa shape index (κ2) is 5.46. The van der Waals surface area contributed by atoms with Gasteiger partial charge in [0.15, 0.2) is 0 Å². The molecule has 28 heavy (non-hydrogen) atoms. The van der Waals surface area contributed by atoms with Crippen LogP contribution in [-0.4, -0.2) is 12.6 Å². The van der Waals surface area contributed by atoms with Gasteiger partial charge in [-0.25, -0.2) is 0 Å². The van der Waals surface area contributed by atoms with Gasteiger partial charge in [0.05, 0.1) is 11.0 Å². The number of fused-ring (bicyclic) bond motifs is 6. The molecular weight excluding hydrogens is 354 g/mol. The van der Waals surface area contributed by atoms with Gasteiger partial charge in [-0.05, 0) is 45.8 Å². The van der Waals surface area contributed by atoms with Crippen LogP contribution in [0.1, 0.15) is 0 Å². The highest BCUT2D eigenvalue weighted by Crippen LogP contribution is 2.37. The number of hydrogen-bond donors (Lipinski definition) is 0. The maximum atomic E-state index is 2.50. The lowest BCUT2D eigenvalue weighted by atomic mass is 10.0. The number of rotatable bonds is 1. The Morgan fingerprint density at radius 3 is 2.14 bits per heavy atom. The molecule has 0 amide bonds. The zero-order chi connectivity index (χ0) is 18.9. The molecule has 0 aliphatic carbocycles. The van der Waals surface area contributed by atoms with E-state index < -0.39 is 8.07 Å². The van der Waals surface area contributed by atoms with Gasteiger partial charge in [-0.1, -0.05) is 79.8 Å². The van der Waals surface area contributed by atoms with Gasteiger partial charge >= 0.3 is 0 Å². The summed E-state index contributed by atoms with van der Waals surface area (Å²) in [6.07, 6.45) is 0. The molecule has 1 nitrogen and oxygen atoms in total. The first-order chi connectivity index (χ1) is 13.7. The Kier molecular flexibility index (Phi) is 3.10. The van der Waals surface area contributed by atoms with Crippen molar-refractivity contribution in [3.8, 4) is 16.8 Å². The molecular formula is C26H21NSi. The van der Waals surface area contributed by atoms with Crippen molar-refractivity contribution in [2.75, 3.05) is 0 Å². The van der Waals surface area contributed by atoms with E-state index in [0.29, 0.717) is 0 Å². The Hall–Kier alpha value is -3.10. The van der Waals surface area contributed by atoms with E-state index in [1.54, 1.807) is 10.4 Å². The molecule has 6 rings (SSSR count). The molecule has 1 aliphatic heterocycles. The van der Waals surface area contributed by atoms with Gasteiger partial charge in [0.2, 0.25) is 0 Å². The first-order valence-corrected chi connectivity index (χ1v) is 12.9. The highest BCUT2D eigenvalue weighted by atomic mass is 28.3. The third kappa shape index (κ3) is 1.96. The van der Waals surface area contributed by atoms with Gasteiger partial charge in [-0.3, -0.25) is 0 Å². The molecule has 0 saturated carbocycles. The summed E-state index contributed by atoms with van der Waals surface area (Å²) in [4.78, 5) is 0. The van der Waals surface area contributed by atoms with Crippen molar-refractivity contribution < 1.29 is 0 Å². The van der Waals surface area contributed by atoms with Crippen LogP contribution >= 0.6 is 0 Å². The summed E-state index contributed by atoms with van der Waals surface area (Å²) in [5.41, 5.74) is 6.66. The third-order valence-corrected chi connectivity index (χ3v) is 9.93. The summed E-state index contributed by atoms with van der Waals surface area (Å²) in [5, 5.41) is 5.84. The normalized spacial score (nSPS) is 14.4. The van der Waals surface area contributed by atoms with Gasteiger partial charge in [-0.2, -0.15) is 0 Å². The van der Waals surface area contributed by atoms with Crippen molar-refractivity contribution in [1.29, 1.82) is 0 Å². The molecule has 2 heteroatoms.